The maximum atomic E-state index is 13.2. The number of aliphatic carboxylic acids is 1. The number of benzene rings is 1. The van der Waals surface area contributed by atoms with Gasteiger partial charge in [0, 0.05) is 5.56 Å². The molecule has 0 radical (unpaired) electrons. The molecule has 1 aromatic rings. The molecule has 2 unspecified atom stereocenters. The molecule has 0 aliphatic heterocycles. The summed E-state index contributed by atoms with van der Waals surface area (Å²) in [6.07, 6.45) is -1.54. The maximum absolute atomic E-state index is 13.2. The molecule has 0 aliphatic rings. The number of halogens is 1. The molecule has 2 atom stereocenters. The second-order valence-corrected chi connectivity index (χ2v) is 3.33. The van der Waals surface area contributed by atoms with Crippen LogP contribution in [0.1, 0.15) is 17.2 Å². The van der Waals surface area contributed by atoms with Crippen LogP contribution in [0.4, 0.5) is 4.39 Å². The van der Waals surface area contributed by atoms with Gasteiger partial charge in [-0.15, -0.1) is 0 Å². The highest BCUT2D eigenvalue weighted by atomic mass is 19.1. The Kier molecular flexibility index (Phi) is 3.39. The summed E-state index contributed by atoms with van der Waals surface area (Å²) in [5, 5.41) is 18.1. The predicted octanol–water partition coefficient (Wildman–Crippen LogP) is 0.579. The zero-order valence-electron chi connectivity index (χ0n) is 8.14. The molecule has 0 saturated carbocycles. The Labute approximate surface area is 86.1 Å². The third kappa shape index (κ3) is 2.51. The van der Waals surface area contributed by atoms with E-state index in [2.05, 4.69) is 0 Å². The van der Waals surface area contributed by atoms with Crippen LogP contribution in [0.3, 0.4) is 0 Å². The Morgan fingerprint density at radius 2 is 2.13 bits per heavy atom. The quantitative estimate of drug-likeness (QED) is 0.685. The Morgan fingerprint density at radius 1 is 1.53 bits per heavy atom. The van der Waals surface area contributed by atoms with E-state index in [-0.39, 0.29) is 5.56 Å². The standard InChI is InChI=1S/C10H12FNO3/c1-5-2-3-7(11)6(4-5)9(13)8(12)10(14)15/h2-4,8-9,13H,12H2,1H3,(H,14,15). The zero-order valence-corrected chi connectivity index (χ0v) is 8.14. The van der Waals surface area contributed by atoms with Gasteiger partial charge in [-0.05, 0) is 13.0 Å². The van der Waals surface area contributed by atoms with E-state index in [4.69, 9.17) is 10.8 Å². The molecule has 0 fully saturated rings. The number of rotatable bonds is 3. The van der Waals surface area contributed by atoms with Crippen molar-refractivity contribution >= 4 is 5.97 Å². The van der Waals surface area contributed by atoms with Gasteiger partial charge in [-0.2, -0.15) is 0 Å². The summed E-state index contributed by atoms with van der Waals surface area (Å²) in [5.74, 6) is -2.03. The molecule has 0 bridgehead atoms. The van der Waals surface area contributed by atoms with E-state index in [9.17, 15) is 14.3 Å². The van der Waals surface area contributed by atoms with Gasteiger partial charge in [-0.3, -0.25) is 4.79 Å². The fourth-order valence-electron chi connectivity index (χ4n) is 1.22. The minimum atomic E-state index is -1.54. The first kappa shape index (κ1) is 11.6. The molecule has 82 valence electrons. The summed E-state index contributed by atoms with van der Waals surface area (Å²) in [4.78, 5) is 10.5. The van der Waals surface area contributed by atoms with Crippen molar-refractivity contribution in [1.82, 2.24) is 0 Å². The first-order valence-electron chi connectivity index (χ1n) is 4.36. The van der Waals surface area contributed by atoms with Gasteiger partial charge in [0.1, 0.15) is 18.0 Å². The molecule has 4 nitrogen and oxygen atoms in total. The molecule has 15 heavy (non-hydrogen) atoms. The molecule has 0 spiro atoms. The van der Waals surface area contributed by atoms with Crippen LogP contribution in [0.25, 0.3) is 0 Å². The fraction of sp³-hybridized carbons (Fsp3) is 0.300. The summed E-state index contributed by atoms with van der Waals surface area (Å²) < 4.78 is 13.2. The van der Waals surface area contributed by atoms with Crippen LogP contribution in [-0.4, -0.2) is 22.2 Å². The van der Waals surface area contributed by atoms with E-state index in [1.165, 1.54) is 18.2 Å². The summed E-state index contributed by atoms with van der Waals surface area (Å²) in [6, 6.07) is 2.55. The lowest BCUT2D eigenvalue weighted by molar-refractivity contribution is -0.141. The predicted molar refractivity (Wildman–Crippen MR) is 51.7 cm³/mol. The van der Waals surface area contributed by atoms with Crippen LogP contribution in [0, 0.1) is 12.7 Å². The molecular weight excluding hydrogens is 201 g/mol. The second-order valence-electron chi connectivity index (χ2n) is 3.33. The van der Waals surface area contributed by atoms with Crippen molar-refractivity contribution in [1.29, 1.82) is 0 Å². The lowest BCUT2D eigenvalue weighted by Gasteiger charge is -2.16. The van der Waals surface area contributed by atoms with E-state index in [1.807, 2.05) is 0 Å². The number of aliphatic hydroxyl groups excluding tert-OH is 1. The Balaban J connectivity index is 3.04. The lowest BCUT2D eigenvalue weighted by Crippen LogP contribution is -2.36. The first-order valence-corrected chi connectivity index (χ1v) is 4.36. The number of aliphatic hydroxyl groups is 1. The summed E-state index contributed by atoms with van der Waals surface area (Å²) in [7, 11) is 0. The van der Waals surface area contributed by atoms with E-state index in [0.29, 0.717) is 0 Å². The van der Waals surface area contributed by atoms with Crippen LogP contribution in [0.15, 0.2) is 18.2 Å². The van der Waals surface area contributed by atoms with E-state index in [1.54, 1.807) is 6.92 Å². The van der Waals surface area contributed by atoms with Gasteiger partial charge in [0.05, 0.1) is 0 Å². The summed E-state index contributed by atoms with van der Waals surface area (Å²) >= 11 is 0. The Bertz CT molecular complexity index is 381. The number of nitrogens with two attached hydrogens (primary N) is 1. The van der Waals surface area contributed by atoms with Crippen molar-refractivity contribution < 1.29 is 19.4 Å². The smallest absolute Gasteiger partial charge is 0.323 e. The third-order valence-corrected chi connectivity index (χ3v) is 2.10. The van der Waals surface area contributed by atoms with Crippen LogP contribution in [0.2, 0.25) is 0 Å². The van der Waals surface area contributed by atoms with Crippen LogP contribution >= 0.6 is 0 Å². The molecular formula is C10H12FNO3. The Morgan fingerprint density at radius 3 is 2.67 bits per heavy atom. The number of carbonyl (C=O) groups is 1. The molecule has 0 aliphatic carbocycles. The van der Waals surface area contributed by atoms with Crippen molar-refractivity contribution in [3.63, 3.8) is 0 Å². The topological polar surface area (TPSA) is 83.5 Å². The van der Waals surface area contributed by atoms with Gasteiger partial charge >= 0.3 is 5.97 Å². The third-order valence-electron chi connectivity index (χ3n) is 2.10. The van der Waals surface area contributed by atoms with Crippen LogP contribution in [-0.2, 0) is 4.79 Å². The van der Waals surface area contributed by atoms with Crippen molar-refractivity contribution in [2.75, 3.05) is 0 Å². The van der Waals surface area contributed by atoms with Crippen LogP contribution < -0.4 is 5.73 Å². The Hall–Kier alpha value is -1.46. The molecule has 4 N–H and O–H groups in total. The van der Waals surface area contributed by atoms with Gasteiger partial charge in [0.2, 0.25) is 0 Å². The molecule has 0 aromatic heterocycles. The van der Waals surface area contributed by atoms with Crippen molar-refractivity contribution in [3.05, 3.63) is 35.1 Å². The normalized spacial score (nSPS) is 14.7. The number of aryl methyl sites for hydroxylation is 1. The number of carboxylic acid groups (broad SMARTS) is 1. The minimum Gasteiger partial charge on any atom is -0.480 e. The highest BCUT2D eigenvalue weighted by Crippen LogP contribution is 2.20. The van der Waals surface area contributed by atoms with Crippen LogP contribution in [0.5, 0.6) is 0 Å². The SMILES string of the molecule is Cc1ccc(F)c(C(O)C(N)C(=O)O)c1. The molecule has 0 saturated heterocycles. The number of hydrogen-bond donors (Lipinski definition) is 3. The fourth-order valence-corrected chi connectivity index (χ4v) is 1.22. The average molecular weight is 213 g/mol. The highest BCUT2D eigenvalue weighted by molar-refractivity contribution is 5.74. The molecule has 0 amide bonds. The number of hydrogen-bond acceptors (Lipinski definition) is 3. The van der Waals surface area contributed by atoms with E-state index >= 15 is 0 Å². The molecule has 5 heteroatoms. The minimum absolute atomic E-state index is 0.0927. The second kappa shape index (κ2) is 4.37. The molecule has 1 aromatic carbocycles. The van der Waals surface area contributed by atoms with E-state index < -0.39 is 23.9 Å². The largest absolute Gasteiger partial charge is 0.480 e. The van der Waals surface area contributed by atoms with Crippen molar-refractivity contribution in [2.24, 2.45) is 5.73 Å². The van der Waals surface area contributed by atoms with Crippen molar-refractivity contribution in [3.8, 4) is 0 Å². The van der Waals surface area contributed by atoms with E-state index in [0.717, 1.165) is 5.56 Å². The monoisotopic (exact) mass is 213 g/mol. The van der Waals surface area contributed by atoms with Gasteiger partial charge in [0.15, 0.2) is 0 Å². The van der Waals surface area contributed by atoms with Gasteiger partial charge in [-0.25, -0.2) is 4.39 Å². The van der Waals surface area contributed by atoms with Gasteiger partial charge in [-0.1, -0.05) is 17.7 Å². The average Bonchev–Trinajstić information content (AvgIpc) is 2.19. The summed E-state index contributed by atoms with van der Waals surface area (Å²) in [5.41, 5.74) is 5.83. The highest BCUT2D eigenvalue weighted by Gasteiger charge is 2.25. The molecule has 0 heterocycles. The summed E-state index contributed by atoms with van der Waals surface area (Å²) in [6.45, 7) is 1.71. The first-order chi connectivity index (χ1) is 6.93. The molecule has 1 rings (SSSR count). The zero-order chi connectivity index (χ0) is 11.6. The number of carboxylic acids is 1. The van der Waals surface area contributed by atoms with Gasteiger partial charge in [0.25, 0.3) is 0 Å². The van der Waals surface area contributed by atoms with Gasteiger partial charge < -0.3 is 15.9 Å². The lowest BCUT2D eigenvalue weighted by atomic mass is 10.0. The maximum Gasteiger partial charge on any atom is 0.323 e. The van der Waals surface area contributed by atoms with Crippen molar-refractivity contribution in [2.45, 2.75) is 19.1 Å².